The molecule has 0 spiro atoms. The van der Waals surface area contributed by atoms with E-state index in [4.69, 9.17) is 11.6 Å². The van der Waals surface area contributed by atoms with E-state index < -0.39 is 9.84 Å². The van der Waals surface area contributed by atoms with Gasteiger partial charge in [0.05, 0.1) is 10.6 Å². The van der Waals surface area contributed by atoms with E-state index in [2.05, 4.69) is 19.2 Å². The van der Waals surface area contributed by atoms with Crippen molar-refractivity contribution in [2.75, 3.05) is 17.5 Å². The minimum atomic E-state index is -3.22. The van der Waals surface area contributed by atoms with Gasteiger partial charge in [-0.3, -0.25) is 0 Å². The van der Waals surface area contributed by atoms with E-state index in [1.54, 1.807) is 18.2 Å². The monoisotopic (exact) mass is 289 g/mol. The molecule has 1 atom stereocenters. The van der Waals surface area contributed by atoms with Crippen LogP contribution in [0, 0.1) is 5.92 Å². The van der Waals surface area contributed by atoms with Gasteiger partial charge in [-0.15, -0.1) is 11.6 Å². The van der Waals surface area contributed by atoms with Crippen LogP contribution in [0.5, 0.6) is 0 Å². The average molecular weight is 290 g/mol. The largest absolute Gasteiger partial charge is 0.381 e. The number of anilines is 1. The number of nitrogens with one attached hydrogen (secondary N) is 1. The van der Waals surface area contributed by atoms with Crippen molar-refractivity contribution in [3.63, 3.8) is 0 Å². The first-order valence-electron chi connectivity index (χ1n) is 5.98. The zero-order valence-electron chi connectivity index (χ0n) is 11.0. The van der Waals surface area contributed by atoms with Crippen LogP contribution < -0.4 is 5.32 Å². The molecule has 0 amide bonds. The minimum Gasteiger partial charge on any atom is -0.381 e. The van der Waals surface area contributed by atoms with E-state index in [0.29, 0.717) is 22.4 Å². The summed E-state index contributed by atoms with van der Waals surface area (Å²) in [6.07, 6.45) is 2.02. The van der Waals surface area contributed by atoms with Gasteiger partial charge >= 0.3 is 0 Å². The molecular formula is C13H20ClNO2S. The summed E-state index contributed by atoms with van der Waals surface area (Å²) >= 11 is 5.78. The average Bonchev–Trinajstić information content (AvgIpc) is 2.27. The molecule has 1 aromatic carbocycles. The molecule has 5 heteroatoms. The molecule has 0 saturated heterocycles. The van der Waals surface area contributed by atoms with Crippen molar-refractivity contribution in [2.45, 2.75) is 31.2 Å². The highest BCUT2D eigenvalue weighted by Gasteiger charge is 2.17. The second-order valence-corrected chi connectivity index (χ2v) is 7.10. The Bertz CT molecular complexity index is 486. The Morgan fingerprint density at radius 3 is 2.39 bits per heavy atom. The first-order chi connectivity index (χ1) is 8.36. The molecule has 0 aromatic heterocycles. The smallest absolute Gasteiger partial charge is 0.177 e. The van der Waals surface area contributed by atoms with Crippen LogP contribution in [0.15, 0.2) is 29.2 Å². The van der Waals surface area contributed by atoms with Crippen molar-refractivity contribution >= 4 is 27.1 Å². The van der Waals surface area contributed by atoms with Gasteiger partial charge < -0.3 is 5.32 Å². The number of halogens is 1. The summed E-state index contributed by atoms with van der Waals surface area (Å²) in [6, 6.07) is 7.14. The van der Waals surface area contributed by atoms with E-state index in [9.17, 15) is 8.42 Å². The van der Waals surface area contributed by atoms with Crippen molar-refractivity contribution in [1.82, 2.24) is 0 Å². The van der Waals surface area contributed by atoms with Crippen LogP contribution in [-0.4, -0.2) is 26.6 Å². The van der Waals surface area contributed by atoms with Crippen LogP contribution >= 0.6 is 11.6 Å². The molecule has 102 valence electrons. The van der Waals surface area contributed by atoms with Crippen LogP contribution in [0.1, 0.15) is 20.3 Å². The number of hydrogen-bond acceptors (Lipinski definition) is 3. The van der Waals surface area contributed by atoms with E-state index in [-0.39, 0.29) is 6.04 Å². The van der Waals surface area contributed by atoms with E-state index >= 15 is 0 Å². The fraction of sp³-hybridized carbons (Fsp3) is 0.538. The number of sulfone groups is 1. The van der Waals surface area contributed by atoms with Crippen LogP contribution in [0.25, 0.3) is 0 Å². The predicted molar refractivity (Wildman–Crippen MR) is 77.1 cm³/mol. The molecule has 0 saturated carbocycles. The molecule has 0 aliphatic heterocycles. The highest BCUT2D eigenvalue weighted by atomic mass is 35.5. The topological polar surface area (TPSA) is 46.2 Å². The Morgan fingerprint density at radius 1 is 1.28 bits per heavy atom. The summed E-state index contributed by atoms with van der Waals surface area (Å²) in [4.78, 5) is 0.338. The number of rotatable bonds is 6. The van der Waals surface area contributed by atoms with Crippen molar-refractivity contribution in [3.05, 3.63) is 24.3 Å². The molecular weight excluding hydrogens is 270 g/mol. The number of para-hydroxylation sites is 1. The third-order valence-electron chi connectivity index (χ3n) is 2.85. The molecule has 0 aliphatic rings. The lowest BCUT2D eigenvalue weighted by molar-refractivity contribution is 0.512. The molecule has 0 fully saturated rings. The van der Waals surface area contributed by atoms with Crippen LogP contribution in [0.3, 0.4) is 0 Å². The second kappa shape index (κ2) is 6.43. The Balaban J connectivity index is 3.03. The predicted octanol–water partition coefficient (Wildman–Crippen LogP) is 3.16. The summed E-state index contributed by atoms with van der Waals surface area (Å²) in [5, 5.41) is 3.29. The lowest BCUT2D eigenvalue weighted by Crippen LogP contribution is -2.27. The van der Waals surface area contributed by atoms with Gasteiger partial charge in [0.2, 0.25) is 0 Å². The first-order valence-corrected chi connectivity index (χ1v) is 8.40. The maximum atomic E-state index is 11.7. The van der Waals surface area contributed by atoms with E-state index in [1.807, 2.05) is 6.07 Å². The Morgan fingerprint density at radius 2 is 1.89 bits per heavy atom. The fourth-order valence-corrected chi connectivity index (χ4v) is 2.89. The summed E-state index contributed by atoms with van der Waals surface area (Å²) in [5.41, 5.74) is 0.656. The Hall–Kier alpha value is -0.740. The standard InChI is InChI=1S/C13H20ClNO2S/c1-10(2)11(8-9-14)15-12-6-4-5-7-13(12)18(3,16)17/h4-7,10-11,15H,8-9H2,1-3H3. The van der Waals surface area contributed by atoms with Gasteiger partial charge in [0.15, 0.2) is 9.84 Å². The van der Waals surface area contributed by atoms with Gasteiger partial charge in [0, 0.05) is 18.2 Å². The van der Waals surface area contributed by atoms with Crippen LogP contribution in [-0.2, 0) is 9.84 Å². The molecule has 0 radical (unpaired) electrons. The number of alkyl halides is 1. The van der Waals surface area contributed by atoms with Crippen molar-refractivity contribution in [1.29, 1.82) is 0 Å². The van der Waals surface area contributed by atoms with Gasteiger partial charge in [-0.25, -0.2) is 8.42 Å². The normalized spacial score (nSPS) is 13.6. The van der Waals surface area contributed by atoms with Gasteiger partial charge in [-0.2, -0.15) is 0 Å². The lowest BCUT2D eigenvalue weighted by Gasteiger charge is -2.24. The zero-order valence-corrected chi connectivity index (χ0v) is 12.6. The van der Waals surface area contributed by atoms with Gasteiger partial charge in [0.1, 0.15) is 0 Å². The van der Waals surface area contributed by atoms with Crippen molar-refractivity contribution in [3.8, 4) is 0 Å². The molecule has 1 aromatic rings. The second-order valence-electron chi connectivity index (χ2n) is 4.74. The maximum Gasteiger partial charge on any atom is 0.177 e. The third kappa shape index (κ3) is 4.18. The molecule has 0 heterocycles. The van der Waals surface area contributed by atoms with E-state index in [0.717, 1.165) is 6.42 Å². The lowest BCUT2D eigenvalue weighted by atomic mass is 10.0. The summed E-state index contributed by atoms with van der Waals surface area (Å²) in [5.74, 6) is 0.938. The van der Waals surface area contributed by atoms with Gasteiger partial charge in [-0.1, -0.05) is 26.0 Å². The quantitative estimate of drug-likeness (QED) is 0.818. The highest BCUT2D eigenvalue weighted by molar-refractivity contribution is 7.90. The van der Waals surface area contributed by atoms with Crippen LogP contribution in [0.4, 0.5) is 5.69 Å². The molecule has 1 rings (SSSR count). The van der Waals surface area contributed by atoms with Gasteiger partial charge in [0.25, 0.3) is 0 Å². The Kier molecular flexibility index (Phi) is 5.47. The first kappa shape index (κ1) is 15.3. The molecule has 18 heavy (non-hydrogen) atoms. The molecule has 1 N–H and O–H groups in total. The van der Waals surface area contributed by atoms with Crippen LogP contribution in [0.2, 0.25) is 0 Å². The van der Waals surface area contributed by atoms with Crippen molar-refractivity contribution in [2.24, 2.45) is 5.92 Å². The molecule has 0 bridgehead atoms. The number of hydrogen-bond donors (Lipinski definition) is 1. The third-order valence-corrected chi connectivity index (χ3v) is 4.23. The highest BCUT2D eigenvalue weighted by Crippen LogP contribution is 2.23. The number of benzene rings is 1. The summed E-state index contributed by atoms with van der Waals surface area (Å²) < 4.78 is 23.4. The van der Waals surface area contributed by atoms with Crippen molar-refractivity contribution < 1.29 is 8.42 Å². The molecule has 0 aliphatic carbocycles. The van der Waals surface area contributed by atoms with E-state index in [1.165, 1.54) is 6.26 Å². The minimum absolute atomic E-state index is 0.172. The summed E-state index contributed by atoms with van der Waals surface area (Å²) in [6.45, 7) is 4.18. The fourth-order valence-electron chi connectivity index (χ4n) is 1.80. The summed E-state index contributed by atoms with van der Waals surface area (Å²) in [7, 11) is -3.22. The zero-order chi connectivity index (χ0) is 13.8. The maximum absolute atomic E-state index is 11.7. The SMILES string of the molecule is CC(C)C(CCCl)Nc1ccccc1S(C)(=O)=O. The van der Waals surface area contributed by atoms with Gasteiger partial charge in [-0.05, 0) is 24.5 Å². The molecule has 3 nitrogen and oxygen atoms in total. The molecule has 1 unspecified atom stereocenters. The Labute approximate surface area is 114 Å².